The number of hydrogen-bond donors (Lipinski definition) is 0. The normalized spacial score (nSPS) is 11.6. The molecule has 0 atom stereocenters. The summed E-state index contributed by atoms with van der Waals surface area (Å²) in [7, 11) is 0. The van der Waals surface area contributed by atoms with E-state index in [1.165, 1.54) is 11.1 Å². The van der Waals surface area contributed by atoms with E-state index in [4.69, 9.17) is 4.98 Å². The minimum absolute atomic E-state index is 0.755. The molecule has 25 heavy (non-hydrogen) atoms. The highest BCUT2D eigenvalue weighted by Crippen LogP contribution is 2.25. The zero-order chi connectivity index (χ0) is 17.6. The minimum Gasteiger partial charge on any atom is -0.299 e. The fourth-order valence-corrected chi connectivity index (χ4v) is 3.52. The first-order chi connectivity index (χ1) is 12.2. The number of thioether (sulfide) groups is 1. The maximum Gasteiger partial charge on any atom is 0.170 e. The van der Waals surface area contributed by atoms with Crippen molar-refractivity contribution in [3.8, 4) is 0 Å². The van der Waals surface area contributed by atoms with Gasteiger partial charge in [0.2, 0.25) is 0 Å². The summed E-state index contributed by atoms with van der Waals surface area (Å²) >= 11 is 1.69. The van der Waals surface area contributed by atoms with Crippen LogP contribution >= 0.6 is 11.8 Å². The summed E-state index contributed by atoms with van der Waals surface area (Å²) in [6.07, 6.45) is 7.44. The van der Waals surface area contributed by atoms with E-state index in [0.717, 1.165) is 34.2 Å². The van der Waals surface area contributed by atoms with E-state index >= 15 is 0 Å². The Morgan fingerprint density at radius 3 is 2.72 bits per heavy atom. The fourth-order valence-electron chi connectivity index (χ4n) is 2.54. The van der Waals surface area contributed by atoms with E-state index in [0.29, 0.717) is 0 Å². The third-order valence-corrected chi connectivity index (χ3v) is 4.94. The van der Waals surface area contributed by atoms with Crippen LogP contribution in [0.5, 0.6) is 0 Å². The number of nitrogens with zero attached hydrogens (tertiary/aromatic N) is 3. The van der Waals surface area contributed by atoms with Gasteiger partial charge in [-0.2, -0.15) is 0 Å². The predicted molar refractivity (Wildman–Crippen MR) is 107 cm³/mol. The van der Waals surface area contributed by atoms with Crippen LogP contribution in [0.15, 0.2) is 84.7 Å². The summed E-state index contributed by atoms with van der Waals surface area (Å²) in [5.41, 5.74) is 5.46. The molecule has 0 fully saturated rings. The van der Waals surface area contributed by atoms with Gasteiger partial charge in [-0.05, 0) is 30.2 Å². The van der Waals surface area contributed by atoms with Gasteiger partial charge in [0, 0.05) is 11.9 Å². The van der Waals surface area contributed by atoms with Crippen LogP contribution in [0.1, 0.15) is 11.1 Å². The highest BCUT2D eigenvalue weighted by atomic mass is 32.2. The monoisotopic (exact) mass is 347 g/mol. The van der Waals surface area contributed by atoms with Crippen LogP contribution in [0, 0.1) is 6.92 Å². The maximum absolute atomic E-state index is 4.77. The molecule has 0 aliphatic rings. The van der Waals surface area contributed by atoms with Crippen LogP contribution in [-0.2, 0) is 6.54 Å². The summed E-state index contributed by atoms with van der Waals surface area (Å²) in [5, 5.41) is 0.964. The lowest BCUT2D eigenvalue weighted by Crippen LogP contribution is -2.03. The molecular formula is C21H21N3S. The molecule has 2 aromatic heterocycles. The van der Waals surface area contributed by atoms with Crippen molar-refractivity contribution in [2.24, 2.45) is 0 Å². The third kappa shape index (κ3) is 4.09. The zero-order valence-electron chi connectivity index (χ0n) is 14.4. The van der Waals surface area contributed by atoms with E-state index in [1.807, 2.05) is 30.5 Å². The van der Waals surface area contributed by atoms with E-state index in [1.54, 1.807) is 17.8 Å². The lowest BCUT2D eigenvalue weighted by molar-refractivity contribution is 0.724. The van der Waals surface area contributed by atoms with Gasteiger partial charge < -0.3 is 0 Å². The number of benzene rings is 1. The first-order valence-electron chi connectivity index (χ1n) is 8.15. The lowest BCUT2D eigenvalue weighted by atomic mass is 10.1. The zero-order valence-corrected chi connectivity index (χ0v) is 15.2. The van der Waals surface area contributed by atoms with Gasteiger partial charge in [-0.15, -0.1) is 0 Å². The van der Waals surface area contributed by atoms with Crippen LogP contribution in [0.3, 0.4) is 0 Å². The second-order valence-corrected chi connectivity index (χ2v) is 6.72. The Labute approximate surface area is 152 Å². The molecule has 3 rings (SSSR count). The number of allylic oxidation sites excluding steroid dienone is 3. The van der Waals surface area contributed by atoms with Gasteiger partial charge in [0.1, 0.15) is 5.52 Å². The Balaban J connectivity index is 1.94. The molecule has 0 saturated heterocycles. The Bertz CT molecular complexity index is 920. The lowest BCUT2D eigenvalue weighted by Gasteiger charge is -2.09. The molecule has 0 radical (unpaired) electrons. The van der Waals surface area contributed by atoms with Crippen molar-refractivity contribution in [1.82, 2.24) is 14.5 Å². The molecule has 0 bridgehead atoms. The number of rotatable bonds is 7. The Morgan fingerprint density at radius 1 is 1.20 bits per heavy atom. The molecule has 1 aromatic carbocycles. The number of imidazole rings is 1. The Kier molecular flexibility index (Phi) is 5.51. The van der Waals surface area contributed by atoms with Gasteiger partial charge in [0.25, 0.3) is 0 Å². The first kappa shape index (κ1) is 17.2. The van der Waals surface area contributed by atoms with Crippen molar-refractivity contribution in [1.29, 1.82) is 0 Å². The minimum atomic E-state index is 0.755. The van der Waals surface area contributed by atoms with Gasteiger partial charge in [-0.1, -0.05) is 73.0 Å². The molecule has 0 unspecified atom stereocenters. The van der Waals surface area contributed by atoms with Crippen molar-refractivity contribution in [2.75, 3.05) is 5.75 Å². The van der Waals surface area contributed by atoms with E-state index in [-0.39, 0.29) is 0 Å². The maximum atomic E-state index is 4.77. The molecule has 0 saturated carbocycles. The van der Waals surface area contributed by atoms with Crippen LogP contribution in [0.2, 0.25) is 0 Å². The molecule has 126 valence electrons. The summed E-state index contributed by atoms with van der Waals surface area (Å²) in [4.78, 5) is 9.30. The van der Waals surface area contributed by atoms with Gasteiger partial charge in [0.05, 0.1) is 6.54 Å². The largest absolute Gasteiger partial charge is 0.299 e. The number of fused-ring (bicyclic) bond motifs is 1. The summed E-state index contributed by atoms with van der Waals surface area (Å²) in [6, 6.07) is 12.5. The average molecular weight is 347 g/mol. The molecular weight excluding hydrogens is 326 g/mol. The second kappa shape index (κ2) is 7.99. The summed E-state index contributed by atoms with van der Waals surface area (Å²) in [5.74, 6) is 0.798. The molecule has 2 heterocycles. The van der Waals surface area contributed by atoms with Crippen molar-refractivity contribution in [3.63, 3.8) is 0 Å². The first-order valence-corrected chi connectivity index (χ1v) is 9.13. The number of aryl methyl sites for hydroxylation is 1. The van der Waals surface area contributed by atoms with E-state index in [9.17, 15) is 0 Å². The topological polar surface area (TPSA) is 30.7 Å². The smallest absolute Gasteiger partial charge is 0.170 e. The molecule has 0 amide bonds. The molecule has 0 N–H and O–H groups in total. The van der Waals surface area contributed by atoms with Gasteiger partial charge >= 0.3 is 0 Å². The van der Waals surface area contributed by atoms with E-state index in [2.05, 4.69) is 53.9 Å². The van der Waals surface area contributed by atoms with Gasteiger partial charge in [-0.3, -0.25) is 4.57 Å². The second-order valence-electron chi connectivity index (χ2n) is 5.78. The van der Waals surface area contributed by atoms with Crippen LogP contribution < -0.4 is 0 Å². The van der Waals surface area contributed by atoms with Gasteiger partial charge in [0.15, 0.2) is 10.8 Å². The van der Waals surface area contributed by atoms with Gasteiger partial charge in [-0.25, -0.2) is 9.97 Å². The van der Waals surface area contributed by atoms with Crippen molar-refractivity contribution >= 4 is 22.9 Å². The number of pyridine rings is 1. The molecule has 0 aliphatic carbocycles. The molecule has 0 spiro atoms. The highest BCUT2D eigenvalue weighted by Gasteiger charge is 2.13. The van der Waals surface area contributed by atoms with Crippen molar-refractivity contribution < 1.29 is 0 Å². The van der Waals surface area contributed by atoms with Crippen LogP contribution in [0.25, 0.3) is 11.2 Å². The molecule has 3 aromatic rings. The molecule has 3 nitrogen and oxygen atoms in total. The summed E-state index contributed by atoms with van der Waals surface area (Å²) in [6.45, 7) is 10.5. The SMILES string of the molecule is C=C/C=C(\C=C)CSc1nc2cccnc2n1Cc1ccc(C)cc1. The quantitative estimate of drug-likeness (QED) is 0.436. The number of aromatic nitrogens is 3. The Morgan fingerprint density at radius 2 is 2.00 bits per heavy atom. The van der Waals surface area contributed by atoms with Crippen LogP contribution in [-0.4, -0.2) is 20.3 Å². The fraction of sp³-hybridized carbons (Fsp3) is 0.143. The number of hydrogen-bond acceptors (Lipinski definition) is 3. The highest BCUT2D eigenvalue weighted by molar-refractivity contribution is 7.99. The van der Waals surface area contributed by atoms with Crippen molar-refractivity contribution in [3.05, 3.63) is 90.7 Å². The third-order valence-electron chi connectivity index (χ3n) is 3.89. The summed E-state index contributed by atoms with van der Waals surface area (Å²) < 4.78 is 2.18. The van der Waals surface area contributed by atoms with E-state index < -0.39 is 0 Å². The van der Waals surface area contributed by atoms with Crippen LogP contribution in [0.4, 0.5) is 0 Å². The van der Waals surface area contributed by atoms with Crippen molar-refractivity contribution in [2.45, 2.75) is 18.6 Å². The predicted octanol–water partition coefficient (Wildman–Crippen LogP) is 5.18. The average Bonchev–Trinajstić information content (AvgIpc) is 2.98. The Hall–Kier alpha value is -2.59. The molecule has 4 heteroatoms. The standard InChI is InChI=1S/C21H21N3S/c1-4-7-17(5-2)15-25-21-23-19-8-6-13-22-20(19)24(21)14-18-11-9-16(3)10-12-18/h4-13H,1-2,14-15H2,3H3/b17-7+. The molecule has 0 aliphatic heterocycles.